The van der Waals surface area contributed by atoms with E-state index in [1.165, 1.54) is 225 Å². The lowest BCUT2D eigenvalue weighted by atomic mass is 10.0. The van der Waals surface area contributed by atoms with Crippen LogP contribution in [0.25, 0.3) is 0 Å². The number of carbonyl (C=O) groups is 1. The Morgan fingerprint density at radius 1 is 0.407 bits per heavy atom. The van der Waals surface area contributed by atoms with Crippen molar-refractivity contribution in [3.05, 3.63) is 24.3 Å². The first-order chi connectivity index (χ1) is 29.1. The van der Waals surface area contributed by atoms with Crippen molar-refractivity contribution in [2.45, 2.75) is 308 Å². The Kier molecular flexibility index (Phi) is 48.5. The van der Waals surface area contributed by atoms with Crippen molar-refractivity contribution in [3.8, 4) is 0 Å². The van der Waals surface area contributed by atoms with Gasteiger partial charge >= 0.3 is 0 Å². The Bertz CT molecular complexity index is 874. The minimum absolute atomic E-state index is 0.151. The highest BCUT2D eigenvalue weighted by Crippen LogP contribution is 2.17. The van der Waals surface area contributed by atoms with E-state index in [0.29, 0.717) is 12.8 Å². The highest BCUT2D eigenvalue weighted by atomic mass is 16.3. The van der Waals surface area contributed by atoms with E-state index in [4.69, 9.17) is 0 Å². The summed E-state index contributed by atoms with van der Waals surface area (Å²) in [5.41, 5.74) is 0. The fourth-order valence-electron chi connectivity index (χ4n) is 8.40. The van der Waals surface area contributed by atoms with Gasteiger partial charge in [-0.05, 0) is 64.2 Å². The van der Waals surface area contributed by atoms with Gasteiger partial charge in [0.15, 0.2) is 0 Å². The molecule has 350 valence electrons. The molecule has 5 heteroatoms. The van der Waals surface area contributed by atoms with E-state index < -0.39 is 18.2 Å². The van der Waals surface area contributed by atoms with E-state index in [1.54, 1.807) is 0 Å². The summed E-state index contributed by atoms with van der Waals surface area (Å²) in [6.45, 7) is 4.19. The van der Waals surface area contributed by atoms with Crippen LogP contribution >= 0.6 is 0 Å². The lowest BCUT2D eigenvalue weighted by Crippen LogP contribution is -2.50. The number of unbranched alkanes of at least 4 members (excludes halogenated alkanes) is 37. The summed E-state index contributed by atoms with van der Waals surface area (Å²) >= 11 is 0. The quantitative estimate of drug-likeness (QED) is 0.0363. The molecular formula is C54H105NO4. The summed E-state index contributed by atoms with van der Waals surface area (Å²) in [5, 5.41) is 33.7. The predicted octanol–water partition coefficient (Wildman–Crippen LogP) is 16.1. The number of allylic oxidation sites excluding steroid dienone is 4. The highest BCUT2D eigenvalue weighted by molar-refractivity contribution is 5.76. The minimum Gasteiger partial charge on any atom is -0.394 e. The molecule has 0 saturated heterocycles. The molecule has 3 unspecified atom stereocenters. The van der Waals surface area contributed by atoms with E-state index in [9.17, 15) is 20.1 Å². The molecule has 0 aliphatic heterocycles. The zero-order valence-corrected chi connectivity index (χ0v) is 39.9. The molecule has 0 aromatic heterocycles. The second-order valence-corrected chi connectivity index (χ2v) is 18.4. The first-order valence-corrected chi connectivity index (χ1v) is 26.6. The summed E-state index contributed by atoms with van der Waals surface area (Å²) < 4.78 is 0. The number of nitrogens with one attached hydrogen (secondary N) is 1. The molecule has 59 heavy (non-hydrogen) atoms. The Balaban J connectivity index is 3.55. The van der Waals surface area contributed by atoms with Gasteiger partial charge < -0.3 is 20.6 Å². The number of aliphatic hydroxyl groups excluding tert-OH is 3. The molecule has 0 aliphatic carbocycles. The molecule has 4 N–H and O–H groups in total. The predicted molar refractivity (Wildman–Crippen MR) is 259 cm³/mol. The van der Waals surface area contributed by atoms with Crippen molar-refractivity contribution < 1.29 is 20.1 Å². The lowest BCUT2D eigenvalue weighted by molar-refractivity contribution is -0.124. The lowest BCUT2D eigenvalue weighted by Gasteiger charge is -2.26. The molecule has 0 aromatic rings. The summed E-state index contributed by atoms with van der Waals surface area (Å²) in [5.74, 6) is -0.151. The highest BCUT2D eigenvalue weighted by Gasteiger charge is 2.26. The van der Waals surface area contributed by atoms with Crippen LogP contribution in [0.1, 0.15) is 290 Å². The van der Waals surface area contributed by atoms with Crippen molar-refractivity contribution in [1.29, 1.82) is 0 Å². The summed E-state index contributed by atoms with van der Waals surface area (Å²) in [4.78, 5) is 12.5. The second-order valence-electron chi connectivity index (χ2n) is 18.4. The third-order valence-corrected chi connectivity index (χ3v) is 12.5. The standard InChI is InChI=1S/C54H105NO4/c1-3-5-7-9-11-13-15-17-19-21-22-23-24-25-26-27-28-29-30-31-33-35-37-39-41-43-45-47-49-53(58)55-51(50-56)54(59)52(57)48-46-44-42-40-38-36-34-32-20-18-16-14-12-10-8-6-4-2/h25-26,40,42,51-52,54,56-57,59H,3-24,27-39,41,43-50H2,1-2H3,(H,55,58)/b26-25-,42-40+. The van der Waals surface area contributed by atoms with Crippen LogP contribution in [0.3, 0.4) is 0 Å². The van der Waals surface area contributed by atoms with Crippen LogP contribution in [0, 0.1) is 0 Å². The topological polar surface area (TPSA) is 89.8 Å². The van der Waals surface area contributed by atoms with Crippen LogP contribution in [-0.4, -0.2) is 46.1 Å². The van der Waals surface area contributed by atoms with E-state index in [-0.39, 0.29) is 12.5 Å². The average molecular weight is 832 g/mol. The number of rotatable bonds is 49. The molecule has 0 aromatic carbocycles. The van der Waals surface area contributed by atoms with Gasteiger partial charge in [0.1, 0.15) is 6.10 Å². The smallest absolute Gasteiger partial charge is 0.220 e. The first kappa shape index (κ1) is 57.8. The number of hydrogen-bond donors (Lipinski definition) is 4. The first-order valence-electron chi connectivity index (χ1n) is 26.6. The van der Waals surface area contributed by atoms with Gasteiger partial charge in [0.25, 0.3) is 0 Å². The molecule has 0 spiro atoms. The van der Waals surface area contributed by atoms with Gasteiger partial charge in [0.2, 0.25) is 5.91 Å². The number of carbonyl (C=O) groups excluding carboxylic acids is 1. The van der Waals surface area contributed by atoms with Crippen LogP contribution in [0.5, 0.6) is 0 Å². The third-order valence-electron chi connectivity index (χ3n) is 12.5. The molecule has 0 bridgehead atoms. The van der Waals surface area contributed by atoms with Gasteiger partial charge in [-0.25, -0.2) is 0 Å². The monoisotopic (exact) mass is 832 g/mol. The van der Waals surface area contributed by atoms with Crippen molar-refractivity contribution in [2.75, 3.05) is 6.61 Å². The van der Waals surface area contributed by atoms with Gasteiger partial charge in [-0.15, -0.1) is 0 Å². The van der Waals surface area contributed by atoms with E-state index >= 15 is 0 Å². The Morgan fingerprint density at radius 2 is 0.678 bits per heavy atom. The Morgan fingerprint density at radius 3 is 0.983 bits per heavy atom. The second kappa shape index (κ2) is 49.5. The Hall–Kier alpha value is -1.17. The number of amides is 1. The average Bonchev–Trinajstić information content (AvgIpc) is 3.24. The van der Waals surface area contributed by atoms with Gasteiger partial charge in [0.05, 0.1) is 18.8 Å². The number of aliphatic hydroxyl groups is 3. The SMILES string of the molecule is CCCCCCCCCCCCCC/C=C\CCCCCCCCCCCCCCC(=O)NC(CO)C(O)C(O)CCC/C=C/CCCCCCCCCCCCCC. The van der Waals surface area contributed by atoms with Gasteiger partial charge in [0, 0.05) is 6.42 Å². The summed E-state index contributed by atoms with van der Waals surface area (Å²) in [7, 11) is 0. The van der Waals surface area contributed by atoms with Crippen LogP contribution < -0.4 is 5.32 Å². The van der Waals surface area contributed by atoms with Crippen molar-refractivity contribution in [1.82, 2.24) is 5.32 Å². The molecule has 3 atom stereocenters. The fourth-order valence-corrected chi connectivity index (χ4v) is 8.40. The molecule has 0 aliphatic rings. The van der Waals surface area contributed by atoms with Gasteiger partial charge in [-0.2, -0.15) is 0 Å². The minimum atomic E-state index is -1.16. The van der Waals surface area contributed by atoms with Crippen LogP contribution in [0.2, 0.25) is 0 Å². The maximum atomic E-state index is 12.5. The van der Waals surface area contributed by atoms with E-state index in [2.05, 4.69) is 43.5 Å². The molecule has 1 amide bonds. The molecule has 0 saturated carbocycles. The molecule has 0 rings (SSSR count). The molecule has 0 heterocycles. The number of hydrogen-bond acceptors (Lipinski definition) is 4. The summed E-state index contributed by atoms with van der Waals surface area (Å²) in [6.07, 6.45) is 61.8. The molecule has 0 fully saturated rings. The molecule has 5 nitrogen and oxygen atoms in total. The Labute approximate surface area is 369 Å². The third kappa shape index (κ3) is 44.7. The van der Waals surface area contributed by atoms with Crippen molar-refractivity contribution in [3.63, 3.8) is 0 Å². The zero-order valence-electron chi connectivity index (χ0n) is 39.9. The van der Waals surface area contributed by atoms with Gasteiger partial charge in [-0.1, -0.05) is 244 Å². The van der Waals surface area contributed by atoms with Crippen LogP contribution in [-0.2, 0) is 4.79 Å². The van der Waals surface area contributed by atoms with Crippen molar-refractivity contribution in [2.24, 2.45) is 0 Å². The maximum absolute atomic E-state index is 12.5. The zero-order chi connectivity index (χ0) is 43.0. The van der Waals surface area contributed by atoms with Crippen LogP contribution in [0.15, 0.2) is 24.3 Å². The van der Waals surface area contributed by atoms with Crippen LogP contribution in [0.4, 0.5) is 0 Å². The van der Waals surface area contributed by atoms with E-state index in [0.717, 1.165) is 38.5 Å². The van der Waals surface area contributed by atoms with Gasteiger partial charge in [-0.3, -0.25) is 4.79 Å². The normalized spacial score (nSPS) is 13.5. The van der Waals surface area contributed by atoms with E-state index in [1.807, 2.05) is 0 Å². The molecular weight excluding hydrogens is 727 g/mol. The fraction of sp³-hybridized carbons (Fsp3) is 0.907. The maximum Gasteiger partial charge on any atom is 0.220 e. The van der Waals surface area contributed by atoms with Crippen molar-refractivity contribution >= 4 is 5.91 Å². The molecule has 0 radical (unpaired) electrons. The largest absolute Gasteiger partial charge is 0.394 e. The summed E-state index contributed by atoms with van der Waals surface area (Å²) in [6, 6.07) is -0.825.